The SMILES string of the molecule is O=P(O)(O)OCCF. The molecule has 2 N–H and O–H groups in total. The van der Waals surface area contributed by atoms with Gasteiger partial charge < -0.3 is 9.79 Å². The van der Waals surface area contributed by atoms with Crippen LogP contribution < -0.4 is 0 Å². The molecular weight excluding hydrogens is 138 g/mol. The Hall–Kier alpha value is 0.0400. The molecule has 0 heterocycles. The van der Waals surface area contributed by atoms with E-state index < -0.39 is 21.1 Å². The highest BCUT2D eigenvalue weighted by molar-refractivity contribution is 7.46. The lowest BCUT2D eigenvalue weighted by atomic mass is 10.9. The summed E-state index contributed by atoms with van der Waals surface area (Å²) in [5.41, 5.74) is 0. The quantitative estimate of drug-likeness (QED) is 0.550. The van der Waals surface area contributed by atoms with E-state index in [0.717, 1.165) is 0 Å². The number of hydrogen-bond donors (Lipinski definition) is 2. The van der Waals surface area contributed by atoms with Crippen molar-refractivity contribution in [1.29, 1.82) is 0 Å². The highest BCUT2D eigenvalue weighted by Gasteiger charge is 2.11. The average Bonchev–Trinajstić information content (AvgIpc) is 1.59. The summed E-state index contributed by atoms with van der Waals surface area (Å²) in [7, 11) is -4.42. The Morgan fingerprint density at radius 3 is 2.25 bits per heavy atom. The summed E-state index contributed by atoms with van der Waals surface area (Å²) < 4.78 is 24.4. The molecule has 0 radical (unpaired) electrons. The number of halogens is 1. The molecule has 0 fully saturated rings. The van der Waals surface area contributed by atoms with Gasteiger partial charge in [-0.05, 0) is 0 Å². The van der Waals surface area contributed by atoms with Crippen LogP contribution in [0.25, 0.3) is 0 Å². The topological polar surface area (TPSA) is 66.8 Å². The van der Waals surface area contributed by atoms with Crippen molar-refractivity contribution in [2.75, 3.05) is 13.3 Å². The molecule has 0 bridgehead atoms. The van der Waals surface area contributed by atoms with E-state index in [-0.39, 0.29) is 0 Å². The van der Waals surface area contributed by atoms with Crippen molar-refractivity contribution in [2.45, 2.75) is 0 Å². The molecule has 0 spiro atoms. The van der Waals surface area contributed by atoms with Crippen LogP contribution in [0.1, 0.15) is 0 Å². The highest BCUT2D eigenvalue weighted by atomic mass is 31.2. The van der Waals surface area contributed by atoms with E-state index in [4.69, 9.17) is 9.79 Å². The molecule has 0 aliphatic rings. The zero-order valence-electron chi connectivity index (χ0n) is 3.95. The number of phosphoric acid groups is 1. The molecule has 8 heavy (non-hydrogen) atoms. The molecule has 0 amide bonds. The molecular formula is C2H6FO4P. The second-order valence-corrected chi connectivity index (χ2v) is 2.25. The Labute approximate surface area is 45.5 Å². The Balaban J connectivity index is 3.26. The predicted molar refractivity (Wildman–Crippen MR) is 24.0 cm³/mol. The minimum atomic E-state index is -4.42. The van der Waals surface area contributed by atoms with Gasteiger partial charge in [0.15, 0.2) is 0 Å². The molecule has 0 saturated heterocycles. The summed E-state index contributed by atoms with van der Waals surface area (Å²) in [6.07, 6.45) is 0. The minimum Gasteiger partial charge on any atom is -0.303 e. The van der Waals surface area contributed by atoms with Crippen molar-refractivity contribution in [1.82, 2.24) is 0 Å². The van der Waals surface area contributed by atoms with Gasteiger partial charge in [-0.1, -0.05) is 0 Å². The molecule has 0 saturated carbocycles. The van der Waals surface area contributed by atoms with Crippen molar-refractivity contribution < 1.29 is 23.3 Å². The van der Waals surface area contributed by atoms with Crippen LogP contribution in [0.2, 0.25) is 0 Å². The van der Waals surface area contributed by atoms with Gasteiger partial charge in [0.25, 0.3) is 0 Å². The molecule has 0 atom stereocenters. The first-order chi connectivity index (χ1) is 3.56. The summed E-state index contributed by atoms with van der Waals surface area (Å²) >= 11 is 0. The van der Waals surface area contributed by atoms with E-state index in [1.165, 1.54) is 0 Å². The predicted octanol–water partition coefficient (Wildman–Crippen LogP) is 0.0652. The van der Waals surface area contributed by atoms with Crippen LogP contribution in [0, 0.1) is 0 Å². The van der Waals surface area contributed by atoms with Crippen LogP contribution in [-0.4, -0.2) is 23.1 Å². The molecule has 0 aliphatic carbocycles. The molecule has 4 nitrogen and oxygen atoms in total. The molecule has 0 aliphatic heterocycles. The van der Waals surface area contributed by atoms with Gasteiger partial charge >= 0.3 is 7.82 Å². The fraction of sp³-hybridized carbons (Fsp3) is 1.00. The van der Waals surface area contributed by atoms with Gasteiger partial charge in [-0.2, -0.15) is 0 Å². The molecule has 0 rings (SSSR count). The first kappa shape index (κ1) is 8.04. The van der Waals surface area contributed by atoms with Gasteiger partial charge in [0.05, 0.1) is 6.61 Å². The van der Waals surface area contributed by atoms with E-state index in [9.17, 15) is 8.96 Å². The van der Waals surface area contributed by atoms with E-state index in [0.29, 0.717) is 0 Å². The summed E-state index contributed by atoms with van der Waals surface area (Å²) in [4.78, 5) is 15.7. The summed E-state index contributed by atoms with van der Waals surface area (Å²) in [6.45, 7) is -1.44. The van der Waals surface area contributed by atoms with E-state index in [2.05, 4.69) is 4.52 Å². The van der Waals surface area contributed by atoms with Gasteiger partial charge in [-0.15, -0.1) is 0 Å². The Morgan fingerprint density at radius 1 is 1.62 bits per heavy atom. The van der Waals surface area contributed by atoms with Crippen molar-refractivity contribution in [3.05, 3.63) is 0 Å². The number of alkyl halides is 1. The highest BCUT2D eigenvalue weighted by Crippen LogP contribution is 2.35. The smallest absolute Gasteiger partial charge is 0.303 e. The third kappa shape index (κ3) is 6.04. The van der Waals surface area contributed by atoms with E-state index in [1.807, 2.05) is 0 Å². The molecule has 0 aromatic heterocycles. The number of hydrogen-bond acceptors (Lipinski definition) is 2. The maximum Gasteiger partial charge on any atom is 0.469 e. The molecule has 0 aromatic carbocycles. The second-order valence-electron chi connectivity index (χ2n) is 1.01. The van der Waals surface area contributed by atoms with Gasteiger partial charge in [0, 0.05) is 0 Å². The summed E-state index contributed by atoms with van der Waals surface area (Å²) in [6, 6.07) is 0. The third-order valence-corrected chi connectivity index (χ3v) is 0.856. The van der Waals surface area contributed by atoms with E-state index >= 15 is 0 Å². The first-order valence-electron chi connectivity index (χ1n) is 1.82. The first-order valence-corrected chi connectivity index (χ1v) is 3.35. The third-order valence-electron chi connectivity index (χ3n) is 0.337. The van der Waals surface area contributed by atoms with Crippen LogP contribution in [0.5, 0.6) is 0 Å². The van der Waals surface area contributed by atoms with Crippen molar-refractivity contribution in [2.24, 2.45) is 0 Å². The number of phosphoric ester groups is 1. The van der Waals surface area contributed by atoms with Crippen molar-refractivity contribution >= 4 is 7.82 Å². The standard InChI is InChI=1S/C2H6FO4P/c3-1-2-7-8(4,5)6/h1-2H2,(H2,4,5,6). The van der Waals surface area contributed by atoms with Crippen LogP contribution in [0.3, 0.4) is 0 Å². The van der Waals surface area contributed by atoms with Crippen LogP contribution >= 0.6 is 7.82 Å². The van der Waals surface area contributed by atoms with Gasteiger partial charge in [-0.3, -0.25) is 4.52 Å². The zero-order valence-corrected chi connectivity index (χ0v) is 4.84. The summed E-state index contributed by atoms with van der Waals surface area (Å²) in [5.74, 6) is 0. The lowest BCUT2D eigenvalue weighted by Crippen LogP contribution is -1.92. The Morgan fingerprint density at radius 2 is 2.12 bits per heavy atom. The maximum absolute atomic E-state index is 11.1. The molecule has 6 heteroatoms. The monoisotopic (exact) mass is 144 g/mol. The lowest BCUT2D eigenvalue weighted by molar-refractivity contribution is 0.182. The fourth-order valence-electron chi connectivity index (χ4n) is 0.153. The van der Waals surface area contributed by atoms with Crippen LogP contribution in [0.4, 0.5) is 4.39 Å². The summed E-state index contributed by atoms with van der Waals surface area (Å²) in [5, 5.41) is 0. The fourth-order valence-corrected chi connectivity index (χ4v) is 0.460. The van der Waals surface area contributed by atoms with Gasteiger partial charge in [0.1, 0.15) is 6.67 Å². The molecule has 0 unspecified atom stereocenters. The zero-order chi connectivity index (χ0) is 6.62. The minimum absolute atomic E-state index is 0.551. The largest absolute Gasteiger partial charge is 0.469 e. The van der Waals surface area contributed by atoms with Crippen LogP contribution in [-0.2, 0) is 9.09 Å². The molecule has 0 aromatic rings. The van der Waals surface area contributed by atoms with E-state index in [1.54, 1.807) is 0 Å². The van der Waals surface area contributed by atoms with Crippen molar-refractivity contribution in [3.8, 4) is 0 Å². The van der Waals surface area contributed by atoms with Crippen molar-refractivity contribution in [3.63, 3.8) is 0 Å². The number of rotatable bonds is 3. The van der Waals surface area contributed by atoms with Crippen LogP contribution in [0.15, 0.2) is 0 Å². The Kier molecular flexibility index (Phi) is 3.16. The normalized spacial score (nSPS) is 11.9. The molecule has 50 valence electrons. The van der Waals surface area contributed by atoms with Gasteiger partial charge in [0.2, 0.25) is 0 Å². The van der Waals surface area contributed by atoms with Gasteiger partial charge in [-0.25, -0.2) is 8.96 Å². The average molecular weight is 144 g/mol. The lowest BCUT2D eigenvalue weighted by Gasteiger charge is -1.99. The maximum atomic E-state index is 11.1. The second kappa shape index (κ2) is 3.14. The Bertz CT molecular complexity index is 98.2.